The molecule has 3 nitrogen and oxygen atoms in total. The number of rotatable bonds is 4. The Hall–Kier alpha value is -1.56. The van der Waals surface area contributed by atoms with E-state index < -0.39 is 24.1 Å². The summed E-state index contributed by atoms with van der Waals surface area (Å²) < 4.78 is 31.5. The van der Waals surface area contributed by atoms with Crippen LogP contribution in [0.4, 0.5) is 14.5 Å². The van der Waals surface area contributed by atoms with Crippen LogP contribution in [-0.2, 0) is 4.79 Å². The second kappa shape index (κ2) is 7.13. The third kappa shape index (κ3) is 4.22. The van der Waals surface area contributed by atoms with Crippen LogP contribution in [0.25, 0.3) is 0 Å². The molecule has 1 N–H and O–H groups in total. The van der Waals surface area contributed by atoms with E-state index in [4.69, 9.17) is 39.5 Å². The van der Waals surface area contributed by atoms with Crippen LogP contribution in [-0.4, -0.2) is 12.5 Å². The van der Waals surface area contributed by atoms with Crippen LogP contribution in [0, 0.1) is 11.6 Å². The van der Waals surface area contributed by atoms with E-state index in [1.807, 2.05) is 0 Å². The minimum atomic E-state index is -0.762. The molecular formula is C14H8Cl3F2NO2. The average Bonchev–Trinajstić information content (AvgIpc) is 2.45. The summed E-state index contributed by atoms with van der Waals surface area (Å²) in [6.45, 7) is -0.465. The molecule has 0 atom stereocenters. The maximum absolute atomic E-state index is 13.4. The van der Waals surface area contributed by atoms with E-state index >= 15 is 0 Å². The highest BCUT2D eigenvalue weighted by Gasteiger charge is 2.11. The van der Waals surface area contributed by atoms with Crippen molar-refractivity contribution in [3.05, 3.63) is 57.0 Å². The van der Waals surface area contributed by atoms with Crippen molar-refractivity contribution in [3.63, 3.8) is 0 Å². The fourth-order valence-corrected chi connectivity index (χ4v) is 2.13. The zero-order chi connectivity index (χ0) is 16.3. The van der Waals surface area contributed by atoms with Crippen LogP contribution < -0.4 is 10.1 Å². The predicted octanol–water partition coefficient (Wildman–Crippen LogP) is 4.94. The molecule has 0 aliphatic heterocycles. The van der Waals surface area contributed by atoms with Crippen molar-refractivity contribution in [2.45, 2.75) is 0 Å². The minimum Gasteiger partial charge on any atom is -0.482 e. The summed E-state index contributed by atoms with van der Waals surface area (Å²) in [5.74, 6) is -1.98. The van der Waals surface area contributed by atoms with Crippen LogP contribution in [0.15, 0.2) is 30.3 Å². The molecule has 2 rings (SSSR count). The highest BCUT2D eigenvalue weighted by atomic mass is 35.5. The largest absolute Gasteiger partial charge is 0.482 e. The molecule has 0 saturated heterocycles. The second-order valence-electron chi connectivity index (χ2n) is 4.16. The Morgan fingerprint density at radius 3 is 2.45 bits per heavy atom. The van der Waals surface area contributed by atoms with Crippen LogP contribution in [0.3, 0.4) is 0 Å². The van der Waals surface area contributed by atoms with Gasteiger partial charge in [0.05, 0.1) is 20.8 Å². The van der Waals surface area contributed by atoms with Gasteiger partial charge in [-0.05, 0) is 18.2 Å². The summed E-state index contributed by atoms with van der Waals surface area (Å²) in [6, 6.07) is 5.42. The number of hydrogen-bond acceptors (Lipinski definition) is 2. The quantitative estimate of drug-likeness (QED) is 0.778. The third-order valence-electron chi connectivity index (χ3n) is 2.54. The highest BCUT2D eigenvalue weighted by Crippen LogP contribution is 2.33. The van der Waals surface area contributed by atoms with Crippen molar-refractivity contribution in [1.82, 2.24) is 0 Å². The van der Waals surface area contributed by atoms with Gasteiger partial charge in [-0.25, -0.2) is 8.78 Å². The zero-order valence-electron chi connectivity index (χ0n) is 10.8. The molecule has 0 aliphatic carbocycles. The summed E-state index contributed by atoms with van der Waals surface area (Å²) >= 11 is 17.4. The van der Waals surface area contributed by atoms with E-state index in [0.29, 0.717) is 0 Å². The molecule has 22 heavy (non-hydrogen) atoms. The lowest BCUT2D eigenvalue weighted by atomic mass is 10.3. The normalized spacial score (nSPS) is 10.4. The van der Waals surface area contributed by atoms with E-state index in [0.717, 1.165) is 18.2 Å². The van der Waals surface area contributed by atoms with Gasteiger partial charge < -0.3 is 10.1 Å². The molecule has 8 heteroatoms. The number of amides is 1. The first-order chi connectivity index (χ1) is 10.4. The Morgan fingerprint density at radius 1 is 1.05 bits per heavy atom. The second-order valence-corrected chi connectivity index (χ2v) is 5.38. The molecule has 0 unspecified atom stereocenters. The molecular weight excluding hydrogens is 359 g/mol. The van der Waals surface area contributed by atoms with Crippen molar-refractivity contribution in [2.75, 3.05) is 11.9 Å². The van der Waals surface area contributed by atoms with Gasteiger partial charge >= 0.3 is 0 Å². The maximum Gasteiger partial charge on any atom is 0.262 e. The Bertz CT molecular complexity index is 725. The van der Waals surface area contributed by atoms with Crippen molar-refractivity contribution in [1.29, 1.82) is 0 Å². The van der Waals surface area contributed by atoms with Crippen molar-refractivity contribution < 1.29 is 18.3 Å². The van der Waals surface area contributed by atoms with Gasteiger partial charge in [-0.15, -0.1) is 0 Å². The lowest BCUT2D eigenvalue weighted by Gasteiger charge is -2.10. The first kappa shape index (κ1) is 16.8. The van der Waals surface area contributed by atoms with Gasteiger partial charge in [-0.1, -0.05) is 34.8 Å². The third-order valence-corrected chi connectivity index (χ3v) is 3.55. The fraction of sp³-hybridized carbons (Fsp3) is 0.0714. The number of hydrogen-bond donors (Lipinski definition) is 1. The molecule has 0 spiro atoms. The Balaban J connectivity index is 2.01. The van der Waals surface area contributed by atoms with E-state index in [2.05, 4.69) is 5.32 Å². The number of nitrogens with one attached hydrogen (secondary N) is 1. The smallest absolute Gasteiger partial charge is 0.262 e. The summed E-state index contributed by atoms with van der Waals surface area (Å²) in [5.41, 5.74) is -0.283. The fourth-order valence-electron chi connectivity index (χ4n) is 1.54. The number of carbonyl (C=O) groups is 1. The van der Waals surface area contributed by atoms with Gasteiger partial charge in [0.25, 0.3) is 5.91 Å². The molecule has 0 aromatic heterocycles. The Morgan fingerprint density at radius 2 is 1.73 bits per heavy atom. The average molecular weight is 367 g/mol. The zero-order valence-corrected chi connectivity index (χ0v) is 13.1. The van der Waals surface area contributed by atoms with Gasteiger partial charge in [0.15, 0.2) is 6.61 Å². The molecule has 0 saturated carbocycles. The maximum atomic E-state index is 13.4. The van der Waals surface area contributed by atoms with E-state index in [9.17, 15) is 13.6 Å². The monoisotopic (exact) mass is 365 g/mol. The number of carbonyl (C=O) groups excluding carboxylic acids is 1. The number of halogens is 5. The number of benzene rings is 2. The topological polar surface area (TPSA) is 38.3 Å². The molecule has 116 valence electrons. The van der Waals surface area contributed by atoms with E-state index in [1.54, 1.807) is 0 Å². The number of anilines is 1. The Labute approximate surface area is 139 Å². The SMILES string of the molecule is O=C(COc1cc(Cl)c(Cl)cc1Cl)Nc1cc(F)ccc1F. The van der Waals surface area contributed by atoms with Gasteiger partial charge in [0.2, 0.25) is 0 Å². The van der Waals surface area contributed by atoms with Crippen molar-refractivity contribution in [2.24, 2.45) is 0 Å². The molecule has 1 amide bonds. The van der Waals surface area contributed by atoms with Crippen LogP contribution in [0.1, 0.15) is 0 Å². The molecule has 2 aromatic rings. The van der Waals surface area contributed by atoms with E-state index in [-0.39, 0.29) is 26.5 Å². The lowest BCUT2D eigenvalue weighted by molar-refractivity contribution is -0.118. The first-order valence-corrected chi connectivity index (χ1v) is 7.02. The first-order valence-electron chi connectivity index (χ1n) is 5.89. The molecule has 0 fully saturated rings. The van der Waals surface area contributed by atoms with Gasteiger partial charge in [-0.2, -0.15) is 0 Å². The summed E-state index contributed by atoms with van der Waals surface area (Å²) in [6.07, 6.45) is 0. The molecule has 0 radical (unpaired) electrons. The van der Waals surface area contributed by atoms with Crippen LogP contribution >= 0.6 is 34.8 Å². The van der Waals surface area contributed by atoms with Crippen molar-refractivity contribution >= 4 is 46.4 Å². The van der Waals surface area contributed by atoms with E-state index in [1.165, 1.54) is 12.1 Å². The Kier molecular flexibility index (Phi) is 5.45. The highest BCUT2D eigenvalue weighted by molar-refractivity contribution is 6.43. The van der Waals surface area contributed by atoms with Gasteiger partial charge in [0.1, 0.15) is 17.4 Å². The van der Waals surface area contributed by atoms with Gasteiger partial charge in [-0.3, -0.25) is 4.79 Å². The molecule has 2 aromatic carbocycles. The van der Waals surface area contributed by atoms with Crippen LogP contribution in [0.2, 0.25) is 15.1 Å². The van der Waals surface area contributed by atoms with Gasteiger partial charge in [0, 0.05) is 12.1 Å². The molecule has 0 bridgehead atoms. The minimum absolute atomic E-state index is 0.144. The summed E-state index contributed by atoms with van der Waals surface area (Å²) in [5, 5.41) is 2.80. The molecule has 0 aliphatic rings. The molecule has 0 heterocycles. The predicted molar refractivity (Wildman–Crippen MR) is 82.0 cm³/mol. The van der Waals surface area contributed by atoms with Crippen LogP contribution in [0.5, 0.6) is 5.75 Å². The van der Waals surface area contributed by atoms with Crippen molar-refractivity contribution in [3.8, 4) is 5.75 Å². The summed E-state index contributed by atoms with van der Waals surface area (Å²) in [7, 11) is 0. The standard InChI is InChI=1S/C14H8Cl3F2NO2/c15-8-4-10(17)13(5-9(8)16)22-6-14(21)20-12-3-7(18)1-2-11(12)19/h1-5H,6H2,(H,20,21). The lowest BCUT2D eigenvalue weighted by Crippen LogP contribution is -2.21. The summed E-state index contributed by atoms with van der Waals surface area (Å²) in [4.78, 5) is 11.7. The number of ether oxygens (including phenoxy) is 1.